The second kappa shape index (κ2) is 8.92. The molecule has 0 fully saturated rings. The van der Waals surface area contributed by atoms with E-state index in [1.165, 1.54) is 6.42 Å². The summed E-state index contributed by atoms with van der Waals surface area (Å²) < 4.78 is 5.75. The van der Waals surface area contributed by atoms with Gasteiger partial charge in [-0.2, -0.15) is 0 Å². The molecule has 0 aliphatic heterocycles. The minimum absolute atomic E-state index is 0.212. The third-order valence-electron chi connectivity index (χ3n) is 4.55. The number of aliphatic hydroxyl groups is 1. The Morgan fingerprint density at radius 2 is 1.67 bits per heavy atom. The van der Waals surface area contributed by atoms with Crippen molar-refractivity contribution in [1.82, 2.24) is 0 Å². The first-order valence-corrected chi connectivity index (χ1v) is 7.73. The van der Waals surface area contributed by atoms with Crippen LogP contribution in [-0.4, -0.2) is 18.0 Å². The van der Waals surface area contributed by atoms with E-state index in [1.54, 1.807) is 0 Å². The lowest BCUT2D eigenvalue weighted by molar-refractivity contribution is -0.162. The summed E-state index contributed by atoms with van der Waals surface area (Å²) in [5.41, 5.74) is 0.212. The zero-order valence-corrected chi connectivity index (χ0v) is 13.3. The summed E-state index contributed by atoms with van der Waals surface area (Å²) >= 11 is 0. The van der Waals surface area contributed by atoms with Crippen LogP contribution in [0.5, 0.6) is 0 Å². The molecule has 2 nitrogen and oxygen atoms in total. The van der Waals surface area contributed by atoms with Crippen LogP contribution in [0.25, 0.3) is 0 Å². The zero-order chi connectivity index (χ0) is 14.2. The summed E-state index contributed by atoms with van der Waals surface area (Å²) in [4.78, 5) is 0. The van der Waals surface area contributed by atoms with Gasteiger partial charge in [-0.3, -0.25) is 0 Å². The predicted molar refractivity (Wildman–Crippen MR) is 78.5 cm³/mol. The van der Waals surface area contributed by atoms with Gasteiger partial charge in [0.2, 0.25) is 0 Å². The zero-order valence-electron chi connectivity index (χ0n) is 13.3. The highest BCUT2D eigenvalue weighted by molar-refractivity contribution is 4.73. The molecular formula is C16H34O2. The molecule has 0 aromatic rings. The topological polar surface area (TPSA) is 29.5 Å². The van der Waals surface area contributed by atoms with Gasteiger partial charge in [-0.05, 0) is 24.2 Å². The van der Waals surface area contributed by atoms with Crippen LogP contribution in [0.4, 0.5) is 0 Å². The Labute approximate surface area is 114 Å². The lowest BCUT2D eigenvalue weighted by Gasteiger charge is -2.32. The summed E-state index contributed by atoms with van der Waals surface area (Å²) in [6.07, 6.45) is 5.04. The average molecular weight is 258 g/mol. The summed E-state index contributed by atoms with van der Waals surface area (Å²) in [6.45, 7) is 13.8. The van der Waals surface area contributed by atoms with Crippen molar-refractivity contribution in [1.29, 1.82) is 0 Å². The van der Waals surface area contributed by atoms with E-state index in [4.69, 9.17) is 4.74 Å². The third kappa shape index (κ3) is 5.71. The lowest BCUT2D eigenvalue weighted by Crippen LogP contribution is -2.32. The minimum atomic E-state index is -0.613. The molecule has 0 saturated carbocycles. The fraction of sp³-hybridized carbons (Fsp3) is 1.00. The van der Waals surface area contributed by atoms with E-state index in [-0.39, 0.29) is 11.3 Å². The second-order valence-electron chi connectivity index (χ2n) is 6.05. The van der Waals surface area contributed by atoms with E-state index in [0.717, 1.165) is 25.7 Å². The summed E-state index contributed by atoms with van der Waals surface area (Å²) in [5, 5.41) is 10.2. The quantitative estimate of drug-likeness (QED) is 0.580. The molecule has 3 atom stereocenters. The fourth-order valence-corrected chi connectivity index (χ4v) is 2.66. The van der Waals surface area contributed by atoms with Crippen LogP contribution in [0, 0.1) is 17.3 Å². The Morgan fingerprint density at radius 3 is 2.06 bits per heavy atom. The van der Waals surface area contributed by atoms with Crippen molar-refractivity contribution in [3.63, 3.8) is 0 Å². The van der Waals surface area contributed by atoms with Crippen LogP contribution in [0.3, 0.4) is 0 Å². The second-order valence-corrected chi connectivity index (χ2v) is 6.05. The normalized spacial score (nSPS) is 18.7. The van der Waals surface area contributed by atoms with Crippen LogP contribution in [0.15, 0.2) is 0 Å². The number of hydrogen-bond donors (Lipinski definition) is 1. The summed E-state index contributed by atoms with van der Waals surface area (Å²) in [7, 11) is 0. The SMILES string of the molecule is CCCC(C)(CC)COC(O)C(C)C(CC)CC. The van der Waals surface area contributed by atoms with Crippen molar-refractivity contribution in [3.05, 3.63) is 0 Å². The van der Waals surface area contributed by atoms with Gasteiger partial charge >= 0.3 is 0 Å². The molecule has 1 N–H and O–H groups in total. The number of ether oxygens (including phenoxy) is 1. The highest BCUT2D eigenvalue weighted by Crippen LogP contribution is 2.30. The number of rotatable bonds is 10. The van der Waals surface area contributed by atoms with Gasteiger partial charge in [0.15, 0.2) is 6.29 Å². The van der Waals surface area contributed by atoms with Crippen molar-refractivity contribution >= 4 is 0 Å². The van der Waals surface area contributed by atoms with E-state index in [9.17, 15) is 5.11 Å². The molecule has 0 spiro atoms. The number of aliphatic hydroxyl groups excluding tert-OH is 1. The van der Waals surface area contributed by atoms with Gasteiger partial charge in [0.1, 0.15) is 0 Å². The van der Waals surface area contributed by atoms with Gasteiger partial charge in [-0.1, -0.05) is 60.8 Å². The van der Waals surface area contributed by atoms with Crippen molar-refractivity contribution in [2.45, 2.75) is 79.9 Å². The van der Waals surface area contributed by atoms with Crippen molar-refractivity contribution in [2.75, 3.05) is 6.61 Å². The smallest absolute Gasteiger partial charge is 0.157 e. The minimum Gasteiger partial charge on any atom is -0.368 e. The molecule has 0 aromatic heterocycles. The molecule has 0 aromatic carbocycles. The van der Waals surface area contributed by atoms with E-state index in [2.05, 4.69) is 41.5 Å². The molecule has 0 aliphatic rings. The average Bonchev–Trinajstić information content (AvgIpc) is 2.37. The largest absolute Gasteiger partial charge is 0.368 e. The van der Waals surface area contributed by atoms with Crippen LogP contribution in [-0.2, 0) is 4.74 Å². The molecule has 0 heterocycles. The maximum Gasteiger partial charge on any atom is 0.157 e. The Bertz CT molecular complexity index is 201. The van der Waals surface area contributed by atoms with Crippen LogP contribution in [0.1, 0.15) is 73.6 Å². The van der Waals surface area contributed by atoms with E-state index in [0.29, 0.717) is 12.5 Å². The molecule has 3 unspecified atom stereocenters. The van der Waals surface area contributed by atoms with Crippen molar-refractivity contribution in [2.24, 2.45) is 17.3 Å². The first-order chi connectivity index (χ1) is 8.44. The Kier molecular flexibility index (Phi) is 8.89. The van der Waals surface area contributed by atoms with E-state index < -0.39 is 6.29 Å². The molecular weight excluding hydrogens is 224 g/mol. The number of hydrogen-bond acceptors (Lipinski definition) is 2. The van der Waals surface area contributed by atoms with E-state index >= 15 is 0 Å². The maximum absolute atomic E-state index is 10.2. The maximum atomic E-state index is 10.2. The molecule has 0 amide bonds. The van der Waals surface area contributed by atoms with Crippen molar-refractivity contribution < 1.29 is 9.84 Å². The molecule has 0 aliphatic carbocycles. The van der Waals surface area contributed by atoms with Gasteiger partial charge in [-0.25, -0.2) is 0 Å². The summed E-state index contributed by atoms with van der Waals surface area (Å²) in [6, 6.07) is 0. The monoisotopic (exact) mass is 258 g/mol. The first kappa shape index (κ1) is 17.9. The predicted octanol–water partition coefficient (Wildman–Crippen LogP) is 4.61. The van der Waals surface area contributed by atoms with Gasteiger partial charge in [-0.15, -0.1) is 0 Å². The van der Waals surface area contributed by atoms with Crippen LogP contribution < -0.4 is 0 Å². The molecule has 0 rings (SSSR count). The van der Waals surface area contributed by atoms with Gasteiger partial charge in [0.05, 0.1) is 6.61 Å². The van der Waals surface area contributed by atoms with Gasteiger partial charge in [0, 0.05) is 5.92 Å². The van der Waals surface area contributed by atoms with Gasteiger partial charge < -0.3 is 9.84 Å². The highest BCUT2D eigenvalue weighted by Gasteiger charge is 2.27. The fourth-order valence-electron chi connectivity index (χ4n) is 2.66. The van der Waals surface area contributed by atoms with Crippen LogP contribution in [0.2, 0.25) is 0 Å². The Morgan fingerprint density at radius 1 is 1.11 bits per heavy atom. The van der Waals surface area contributed by atoms with Gasteiger partial charge in [0.25, 0.3) is 0 Å². The highest BCUT2D eigenvalue weighted by atomic mass is 16.6. The molecule has 2 heteroatoms. The molecule has 0 radical (unpaired) electrons. The molecule has 110 valence electrons. The Balaban J connectivity index is 4.26. The summed E-state index contributed by atoms with van der Waals surface area (Å²) in [5.74, 6) is 0.779. The Hall–Kier alpha value is -0.0800. The molecule has 0 saturated heterocycles. The lowest BCUT2D eigenvalue weighted by atomic mass is 9.83. The standard InChI is InChI=1S/C16H34O2/c1-7-11-16(6,10-4)12-18-15(17)13(5)14(8-2)9-3/h13-15,17H,7-12H2,1-6H3. The third-order valence-corrected chi connectivity index (χ3v) is 4.55. The first-order valence-electron chi connectivity index (χ1n) is 7.73. The molecule has 0 bridgehead atoms. The molecule has 18 heavy (non-hydrogen) atoms. The van der Waals surface area contributed by atoms with E-state index in [1.807, 2.05) is 0 Å². The van der Waals surface area contributed by atoms with Crippen molar-refractivity contribution in [3.8, 4) is 0 Å². The van der Waals surface area contributed by atoms with Crippen LogP contribution >= 0.6 is 0 Å².